The second-order valence-corrected chi connectivity index (χ2v) is 8.25. The van der Waals surface area contributed by atoms with E-state index in [1.54, 1.807) is 11.8 Å². The lowest BCUT2D eigenvalue weighted by Crippen LogP contribution is -2.18. The Labute approximate surface area is 160 Å². The monoisotopic (exact) mass is 371 g/mol. The molecular weight excluding hydrogens is 342 g/mol. The van der Waals surface area contributed by atoms with Crippen molar-refractivity contribution in [1.82, 2.24) is 9.55 Å². The summed E-state index contributed by atoms with van der Waals surface area (Å²) in [7, 11) is 0. The van der Waals surface area contributed by atoms with E-state index in [0.717, 1.165) is 22.1 Å². The maximum atomic E-state index is 12.5. The van der Waals surface area contributed by atoms with Gasteiger partial charge in [-0.25, -0.2) is 4.98 Å². The first-order valence-corrected chi connectivity index (χ1v) is 10.5. The zero-order chi connectivity index (χ0) is 18.7. The minimum absolute atomic E-state index is 0.0252. The summed E-state index contributed by atoms with van der Waals surface area (Å²) in [5, 5.41) is 4.03. The number of hydrogen-bond acceptors (Lipinski definition) is 3. The largest absolute Gasteiger partial charge is 0.325 e. The Morgan fingerprint density at radius 3 is 2.65 bits per heavy atom. The van der Waals surface area contributed by atoms with Crippen LogP contribution in [0.25, 0.3) is 0 Å². The number of carbonyl (C=O) groups is 1. The van der Waals surface area contributed by atoms with Crippen LogP contribution in [0, 0.1) is 27.7 Å². The van der Waals surface area contributed by atoms with Crippen LogP contribution in [0.15, 0.2) is 23.4 Å². The van der Waals surface area contributed by atoms with Crippen molar-refractivity contribution in [3.8, 4) is 0 Å². The molecule has 0 aliphatic heterocycles. The summed E-state index contributed by atoms with van der Waals surface area (Å²) >= 11 is 1.55. The van der Waals surface area contributed by atoms with Crippen molar-refractivity contribution in [2.24, 2.45) is 0 Å². The first-order chi connectivity index (χ1) is 12.5. The van der Waals surface area contributed by atoms with Crippen LogP contribution in [-0.2, 0) is 4.79 Å². The highest BCUT2D eigenvalue weighted by atomic mass is 32.2. The fourth-order valence-corrected chi connectivity index (χ4v) is 4.63. The molecule has 3 rings (SSSR count). The van der Waals surface area contributed by atoms with E-state index in [-0.39, 0.29) is 5.91 Å². The van der Waals surface area contributed by atoms with Crippen molar-refractivity contribution in [3.63, 3.8) is 0 Å². The second kappa shape index (κ2) is 8.30. The summed E-state index contributed by atoms with van der Waals surface area (Å²) in [6.45, 7) is 8.32. The van der Waals surface area contributed by atoms with E-state index in [9.17, 15) is 4.79 Å². The normalized spacial score (nSPS) is 15.2. The quantitative estimate of drug-likeness (QED) is 0.720. The summed E-state index contributed by atoms with van der Waals surface area (Å²) in [5.41, 5.74) is 5.54. The molecule has 2 aromatic rings. The highest BCUT2D eigenvalue weighted by Gasteiger charge is 2.22. The average molecular weight is 372 g/mol. The zero-order valence-electron chi connectivity index (χ0n) is 16.3. The van der Waals surface area contributed by atoms with Crippen molar-refractivity contribution in [2.75, 3.05) is 11.1 Å². The van der Waals surface area contributed by atoms with Crippen LogP contribution in [0.4, 0.5) is 5.69 Å². The lowest BCUT2D eigenvalue weighted by molar-refractivity contribution is -0.113. The number of thioether (sulfide) groups is 1. The molecule has 0 bridgehead atoms. The van der Waals surface area contributed by atoms with E-state index in [0.29, 0.717) is 11.8 Å². The van der Waals surface area contributed by atoms with Crippen molar-refractivity contribution in [3.05, 3.63) is 40.7 Å². The molecule has 4 nitrogen and oxygen atoms in total. The SMILES string of the molecule is Cc1cccc(NC(=O)CSc2nc(C)c(C)n2C2CCCCC2)c1C. The maximum absolute atomic E-state index is 12.5. The maximum Gasteiger partial charge on any atom is 0.234 e. The second-order valence-electron chi connectivity index (χ2n) is 7.31. The molecule has 1 fully saturated rings. The third-order valence-corrected chi connectivity index (χ3v) is 6.46. The molecule has 26 heavy (non-hydrogen) atoms. The van der Waals surface area contributed by atoms with Crippen LogP contribution < -0.4 is 5.32 Å². The number of amides is 1. The van der Waals surface area contributed by atoms with Crippen LogP contribution in [0.2, 0.25) is 0 Å². The molecule has 1 aromatic carbocycles. The van der Waals surface area contributed by atoms with Crippen LogP contribution in [0.1, 0.15) is 60.7 Å². The lowest BCUT2D eigenvalue weighted by atomic mass is 9.95. The van der Waals surface area contributed by atoms with Crippen molar-refractivity contribution < 1.29 is 4.79 Å². The average Bonchev–Trinajstić information content (AvgIpc) is 2.92. The summed E-state index contributed by atoms with van der Waals surface area (Å²) in [6.07, 6.45) is 6.36. The van der Waals surface area contributed by atoms with Gasteiger partial charge >= 0.3 is 0 Å². The van der Waals surface area contributed by atoms with Gasteiger partial charge in [-0.05, 0) is 57.7 Å². The van der Waals surface area contributed by atoms with Gasteiger partial charge in [-0.2, -0.15) is 0 Å². The van der Waals surface area contributed by atoms with Gasteiger partial charge < -0.3 is 9.88 Å². The number of anilines is 1. The van der Waals surface area contributed by atoms with Gasteiger partial charge in [0.1, 0.15) is 0 Å². The number of nitrogens with zero attached hydrogens (tertiary/aromatic N) is 2. The number of hydrogen-bond donors (Lipinski definition) is 1. The van der Waals surface area contributed by atoms with Gasteiger partial charge in [0.15, 0.2) is 5.16 Å². The molecule has 1 saturated carbocycles. The molecule has 1 amide bonds. The minimum Gasteiger partial charge on any atom is -0.325 e. The Morgan fingerprint density at radius 1 is 1.19 bits per heavy atom. The van der Waals surface area contributed by atoms with Gasteiger partial charge in [-0.1, -0.05) is 43.2 Å². The molecular formula is C21H29N3OS. The lowest BCUT2D eigenvalue weighted by Gasteiger charge is -2.26. The molecule has 0 spiro atoms. The van der Waals surface area contributed by atoms with Crippen LogP contribution >= 0.6 is 11.8 Å². The van der Waals surface area contributed by atoms with E-state index in [4.69, 9.17) is 4.98 Å². The van der Waals surface area contributed by atoms with Crippen molar-refractivity contribution >= 4 is 23.4 Å². The van der Waals surface area contributed by atoms with Gasteiger partial charge in [0.2, 0.25) is 5.91 Å². The number of aryl methyl sites for hydroxylation is 2. The predicted molar refractivity (Wildman–Crippen MR) is 109 cm³/mol. The Balaban J connectivity index is 1.68. The van der Waals surface area contributed by atoms with Crippen molar-refractivity contribution in [2.45, 2.75) is 71.0 Å². The molecule has 1 aliphatic carbocycles. The first-order valence-electron chi connectivity index (χ1n) is 9.51. The van der Waals surface area contributed by atoms with Gasteiger partial charge in [-0.3, -0.25) is 4.79 Å². The molecule has 0 radical (unpaired) electrons. The predicted octanol–water partition coefficient (Wildman–Crippen LogP) is 5.35. The van der Waals surface area contributed by atoms with E-state index in [1.807, 2.05) is 19.1 Å². The van der Waals surface area contributed by atoms with Gasteiger partial charge in [0.05, 0.1) is 11.4 Å². The van der Waals surface area contributed by atoms with Crippen molar-refractivity contribution in [1.29, 1.82) is 0 Å². The Bertz CT molecular complexity index is 791. The first kappa shape index (κ1) is 19.0. The molecule has 1 heterocycles. The van der Waals surface area contributed by atoms with Gasteiger partial charge in [-0.15, -0.1) is 0 Å². The number of benzene rings is 1. The molecule has 0 unspecified atom stereocenters. The summed E-state index contributed by atoms with van der Waals surface area (Å²) < 4.78 is 2.38. The third kappa shape index (κ3) is 4.14. The molecule has 1 aliphatic rings. The topological polar surface area (TPSA) is 46.9 Å². The van der Waals surface area contributed by atoms with Crippen LogP contribution in [-0.4, -0.2) is 21.2 Å². The summed E-state index contributed by atoms with van der Waals surface area (Å²) in [5.74, 6) is 0.410. The molecule has 0 atom stereocenters. The van der Waals surface area contributed by atoms with E-state index < -0.39 is 0 Å². The molecule has 1 aromatic heterocycles. The van der Waals surface area contributed by atoms with E-state index in [2.05, 4.69) is 36.7 Å². The Morgan fingerprint density at radius 2 is 1.92 bits per heavy atom. The molecule has 0 saturated heterocycles. The number of rotatable bonds is 5. The van der Waals surface area contributed by atoms with Crippen LogP contribution in [0.5, 0.6) is 0 Å². The van der Waals surface area contributed by atoms with Gasteiger partial charge in [0, 0.05) is 17.4 Å². The number of nitrogens with one attached hydrogen (secondary N) is 1. The molecule has 5 heteroatoms. The standard InChI is InChI=1S/C21H29N3OS/c1-14-9-8-12-19(15(14)2)23-20(25)13-26-21-22-16(3)17(4)24(21)18-10-6-5-7-11-18/h8-9,12,18H,5-7,10-11,13H2,1-4H3,(H,23,25). The summed E-state index contributed by atoms with van der Waals surface area (Å²) in [6, 6.07) is 6.54. The zero-order valence-corrected chi connectivity index (χ0v) is 17.1. The molecule has 1 N–H and O–H groups in total. The van der Waals surface area contributed by atoms with Crippen LogP contribution in [0.3, 0.4) is 0 Å². The Kier molecular flexibility index (Phi) is 6.07. The fourth-order valence-electron chi connectivity index (χ4n) is 3.67. The fraction of sp³-hybridized carbons (Fsp3) is 0.524. The summed E-state index contributed by atoms with van der Waals surface area (Å²) in [4.78, 5) is 17.2. The number of carbonyl (C=O) groups excluding carboxylic acids is 1. The smallest absolute Gasteiger partial charge is 0.234 e. The van der Waals surface area contributed by atoms with Gasteiger partial charge in [0.25, 0.3) is 0 Å². The Hall–Kier alpha value is -1.75. The van der Waals surface area contributed by atoms with E-state index in [1.165, 1.54) is 43.4 Å². The number of aromatic nitrogens is 2. The number of imidazole rings is 1. The third-order valence-electron chi connectivity index (χ3n) is 5.51. The highest BCUT2D eigenvalue weighted by molar-refractivity contribution is 7.99. The molecule has 140 valence electrons. The van der Waals surface area contributed by atoms with E-state index >= 15 is 0 Å². The minimum atomic E-state index is 0.0252. The highest BCUT2D eigenvalue weighted by Crippen LogP contribution is 2.34.